The first-order valence-electron chi connectivity index (χ1n) is 5.85. The molecule has 6 nitrogen and oxygen atoms in total. The quantitative estimate of drug-likeness (QED) is 0.851. The molecule has 0 aromatic carbocycles. The largest absolute Gasteiger partial charge is 0.467 e. The number of nitrogens with one attached hydrogen (secondary N) is 1. The number of hydrogen-bond donors (Lipinski definition) is 1. The van der Waals surface area contributed by atoms with Gasteiger partial charge in [0.15, 0.2) is 4.77 Å². The van der Waals surface area contributed by atoms with Crippen molar-refractivity contribution in [3.05, 3.63) is 28.9 Å². The first-order valence-corrected chi connectivity index (χ1v) is 6.26. The number of aromatic amines is 1. The summed E-state index contributed by atoms with van der Waals surface area (Å²) in [5.74, 6) is 1.71. The Hall–Kier alpha value is -1.60. The second-order valence-corrected chi connectivity index (χ2v) is 4.48. The van der Waals surface area contributed by atoms with E-state index in [0.29, 0.717) is 11.3 Å². The molecule has 1 saturated heterocycles. The van der Waals surface area contributed by atoms with Gasteiger partial charge >= 0.3 is 0 Å². The van der Waals surface area contributed by atoms with Crippen LogP contribution in [-0.2, 0) is 11.3 Å². The lowest BCUT2D eigenvalue weighted by Gasteiger charge is -2.27. The Morgan fingerprint density at radius 3 is 2.94 bits per heavy atom. The van der Waals surface area contributed by atoms with Gasteiger partial charge in [-0.3, -0.25) is 4.57 Å². The number of morpholine rings is 1. The SMILES string of the molecule is S=c1[nH]nc(N2CCOCC2)n1Cc1ccco1. The van der Waals surface area contributed by atoms with Gasteiger partial charge in [0.25, 0.3) is 0 Å². The normalized spacial score (nSPS) is 16.1. The minimum atomic E-state index is 0.592. The van der Waals surface area contributed by atoms with Gasteiger partial charge < -0.3 is 14.1 Å². The van der Waals surface area contributed by atoms with E-state index < -0.39 is 0 Å². The molecule has 0 aliphatic carbocycles. The lowest BCUT2D eigenvalue weighted by molar-refractivity contribution is 0.121. The molecular weight excluding hydrogens is 252 g/mol. The third-order valence-corrected chi connectivity index (χ3v) is 3.24. The van der Waals surface area contributed by atoms with Crippen molar-refractivity contribution >= 4 is 18.2 Å². The fraction of sp³-hybridized carbons (Fsp3) is 0.455. The lowest BCUT2D eigenvalue weighted by atomic mass is 10.4. The summed E-state index contributed by atoms with van der Waals surface area (Å²) in [7, 11) is 0. The predicted octanol–water partition coefficient (Wildman–Crippen LogP) is 1.42. The summed E-state index contributed by atoms with van der Waals surface area (Å²) in [6.45, 7) is 3.70. The van der Waals surface area contributed by atoms with Gasteiger partial charge in [0.2, 0.25) is 5.95 Å². The zero-order valence-corrected chi connectivity index (χ0v) is 10.7. The maximum Gasteiger partial charge on any atom is 0.226 e. The average molecular weight is 266 g/mol. The molecule has 0 bridgehead atoms. The van der Waals surface area contributed by atoms with E-state index in [2.05, 4.69) is 15.1 Å². The molecule has 2 aromatic heterocycles. The fourth-order valence-corrected chi connectivity index (χ4v) is 2.21. The summed E-state index contributed by atoms with van der Waals surface area (Å²) in [6, 6.07) is 3.80. The van der Waals surface area contributed by atoms with Crippen LogP contribution < -0.4 is 4.90 Å². The predicted molar refractivity (Wildman–Crippen MR) is 68.3 cm³/mol. The number of aromatic nitrogens is 3. The van der Waals surface area contributed by atoms with E-state index in [1.54, 1.807) is 6.26 Å². The Morgan fingerprint density at radius 2 is 2.22 bits per heavy atom. The highest BCUT2D eigenvalue weighted by atomic mass is 32.1. The molecular formula is C11H14N4O2S. The highest BCUT2D eigenvalue weighted by Gasteiger charge is 2.18. The lowest BCUT2D eigenvalue weighted by Crippen LogP contribution is -2.38. The maximum absolute atomic E-state index is 5.35. The van der Waals surface area contributed by atoms with Crippen LogP contribution in [0.2, 0.25) is 0 Å². The number of hydrogen-bond acceptors (Lipinski definition) is 5. The summed E-state index contributed by atoms with van der Waals surface area (Å²) in [4.78, 5) is 2.17. The molecule has 0 spiro atoms. The summed E-state index contributed by atoms with van der Waals surface area (Å²) in [5, 5.41) is 7.13. The molecule has 3 rings (SSSR count). The Kier molecular flexibility index (Phi) is 3.16. The molecule has 7 heteroatoms. The van der Waals surface area contributed by atoms with Crippen molar-refractivity contribution in [3.8, 4) is 0 Å². The molecule has 1 fully saturated rings. The number of H-pyrrole nitrogens is 1. The number of anilines is 1. The van der Waals surface area contributed by atoms with E-state index in [4.69, 9.17) is 21.4 Å². The van der Waals surface area contributed by atoms with Crippen LogP contribution in [0, 0.1) is 4.77 Å². The number of ether oxygens (including phenoxy) is 1. The van der Waals surface area contributed by atoms with Crippen molar-refractivity contribution in [2.24, 2.45) is 0 Å². The van der Waals surface area contributed by atoms with E-state index in [1.807, 2.05) is 16.7 Å². The van der Waals surface area contributed by atoms with Crippen molar-refractivity contribution in [3.63, 3.8) is 0 Å². The van der Waals surface area contributed by atoms with Crippen molar-refractivity contribution in [2.75, 3.05) is 31.2 Å². The summed E-state index contributed by atoms with van der Waals surface area (Å²) >= 11 is 5.26. The van der Waals surface area contributed by atoms with E-state index in [9.17, 15) is 0 Å². The third-order valence-electron chi connectivity index (χ3n) is 2.93. The zero-order valence-electron chi connectivity index (χ0n) is 9.83. The Balaban J connectivity index is 1.88. The molecule has 0 radical (unpaired) electrons. The van der Waals surface area contributed by atoms with Gasteiger partial charge in [-0.2, -0.15) is 0 Å². The van der Waals surface area contributed by atoms with Crippen molar-refractivity contribution < 1.29 is 9.15 Å². The maximum atomic E-state index is 5.35. The monoisotopic (exact) mass is 266 g/mol. The van der Waals surface area contributed by atoms with Crippen LogP contribution in [0.15, 0.2) is 22.8 Å². The van der Waals surface area contributed by atoms with Crippen LogP contribution in [0.5, 0.6) is 0 Å². The highest BCUT2D eigenvalue weighted by Crippen LogP contribution is 2.15. The van der Waals surface area contributed by atoms with Crippen LogP contribution in [0.3, 0.4) is 0 Å². The van der Waals surface area contributed by atoms with Crippen molar-refractivity contribution in [2.45, 2.75) is 6.54 Å². The second-order valence-electron chi connectivity index (χ2n) is 4.09. The van der Waals surface area contributed by atoms with E-state index in [-0.39, 0.29) is 0 Å². The number of furan rings is 1. The average Bonchev–Trinajstić information content (AvgIpc) is 3.03. The van der Waals surface area contributed by atoms with Crippen LogP contribution >= 0.6 is 12.2 Å². The standard InChI is InChI=1S/C11H14N4O2S/c18-11-13-12-10(14-3-6-16-7-4-14)15(11)8-9-2-1-5-17-9/h1-2,5H,3-4,6-8H2,(H,13,18). The minimum absolute atomic E-state index is 0.592. The molecule has 0 unspecified atom stereocenters. The first-order chi connectivity index (χ1) is 8.84. The molecule has 0 amide bonds. The van der Waals surface area contributed by atoms with Crippen LogP contribution in [0.25, 0.3) is 0 Å². The van der Waals surface area contributed by atoms with Crippen LogP contribution in [0.4, 0.5) is 5.95 Å². The van der Waals surface area contributed by atoms with Gasteiger partial charge in [0, 0.05) is 13.1 Å². The smallest absolute Gasteiger partial charge is 0.226 e. The molecule has 0 saturated carbocycles. The highest BCUT2D eigenvalue weighted by molar-refractivity contribution is 7.71. The molecule has 0 atom stereocenters. The van der Waals surface area contributed by atoms with Crippen LogP contribution in [-0.4, -0.2) is 41.1 Å². The van der Waals surface area contributed by atoms with Gasteiger partial charge in [-0.25, -0.2) is 5.10 Å². The second kappa shape index (κ2) is 4.95. The Labute approximate surface area is 109 Å². The first kappa shape index (κ1) is 11.5. The fourth-order valence-electron chi connectivity index (χ4n) is 2.02. The Morgan fingerprint density at radius 1 is 1.39 bits per heavy atom. The summed E-state index contributed by atoms with van der Waals surface area (Å²) < 4.78 is 13.2. The van der Waals surface area contributed by atoms with Gasteiger partial charge in [0.05, 0.1) is 26.0 Å². The molecule has 96 valence electrons. The minimum Gasteiger partial charge on any atom is -0.467 e. The van der Waals surface area contributed by atoms with Crippen molar-refractivity contribution in [1.29, 1.82) is 0 Å². The van der Waals surface area contributed by atoms with E-state index in [1.165, 1.54) is 0 Å². The third kappa shape index (κ3) is 2.19. The number of nitrogens with zero attached hydrogens (tertiary/aromatic N) is 3. The zero-order chi connectivity index (χ0) is 12.4. The summed E-state index contributed by atoms with van der Waals surface area (Å²) in [5.41, 5.74) is 0. The van der Waals surface area contributed by atoms with Gasteiger partial charge in [0.1, 0.15) is 5.76 Å². The molecule has 2 aromatic rings. The molecule has 1 N–H and O–H groups in total. The summed E-state index contributed by atoms with van der Waals surface area (Å²) in [6.07, 6.45) is 1.66. The van der Waals surface area contributed by atoms with Crippen LogP contribution in [0.1, 0.15) is 5.76 Å². The molecule has 3 heterocycles. The molecule has 1 aliphatic rings. The Bertz CT molecular complexity index is 554. The van der Waals surface area contributed by atoms with E-state index >= 15 is 0 Å². The van der Waals surface area contributed by atoms with E-state index in [0.717, 1.165) is 38.0 Å². The van der Waals surface area contributed by atoms with Gasteiger partial charge in [-0.1, -0.05) is 0 Å². The van der Waals surface area contributed by atoms with Gasteiger partial charge in [-0.15, -0.1) is 5.10 Å². The topological polar surface area (TPSA) is 59.2 Å². The van der Waals surface area contributed by atoms with Crippen molar-refractivity contribution in [1.82, 2.24) is 14.8 Å². The molecule has 18 heavy (non-hydrogen) atoms. The van der Waals surface area contributed by atoms with Gasteiger partial charge in [-0.05, 0) is 24.4 Å². The molecule has 1 aliphatic heterocycles. The number of rotatable bonds is 3.